The second-order valence-corrected chi connectivity index (χ2v) is 9.43. The van der Waals surface area contributed by atoms with Crippen molar-refractivity contribution in [2.45, 2.75) is 33.2 Å². The van der Waals surface area contributed by atoms with Gasteiger partial charge in [-0.05, 0) is 70.2 Å². The predicted molar refractivity (Wildman–Crippen MR) is 125 cm³/mol. The normalized spacial score (nSPS) is 11.5. The van der Waals surface area contributed by atoms with Gasteiger partial charge in [-0.15, -0.1) is 11.3 Å². The van der Waals surface area contributed by atoms with Gasteiger partial charge in [0.2, 0.25) is 0 Å². The molecule has 4 rings (SSSR count). The largest absolute Gasteiger partial charge is 0.347 e. The van der Waals surface area contributed by atoms with Crippen molar-refractivity contribution in [1.82, 2.24) is 15.1 Å². The molecule has 0 atom stereocenters. The van der Waals surface area contributed by atoms with E-state index in [1.54, 1.807) is 24.3 Å². The average molecular weight is 433 g/mol. The Morgan fingerprint density at radius 3 is 2.29 bits per heavy atom. The fourth-order valence-electron chi connectivity index (χ4n) is 3.21. The molecule has 0 saturated heterocycles. The molecule has 0 aliphatic rings. The minimum Gasteiger partial charge on any atom is -0.347 e. The van der Waals surface area contributed by atoms with Crippen LogP contribution in [0.2, 0.25) is 0 Å². The van der Waals surface area contributed by atoms with Gasteiger partial charge in [-0.25, -0.2) is 4.68 Å². The van der Waals surface area contributed by atoms with Gasteiger partial charge in [0.15, 0.2) is 0 Å². The van der Waals surface area contributed by atoms with E-state index >= 15 is 0 Å². The predicted octanol–water partition coefficient (Wildman–Crippen LogP) is 5.18. The van der Waals surface area contributed by atoms with Crippen LogP contribution in [-0.4, -0.2) is 27.1 Å². The van der Waals surface area contributed by atoms with E-state index in [4.69, 9.17) is 0 Å². The van der Waals surface area contributed by atoms with Crippen molar-refractivity contribution in [3.8, 4) is 5.69 Å². The van der Waals surface area contributed by atoms with E-state index in [1.165, 1.54) is 11.3 Å². The number of nitrogens with zero attached hydrogens (tertiary/aromatic N) is 2. The number of aryl methyl sites for hydroxylation is 1. The van der Waals surface area contributed by atoms with E-state index in [0.29, 0.717) is 16.1 Å². The molecule has 2 aromatic heterocycles. The Morgan fingerprint density at radius 2 is 1.65 bits per heavy atom. The highest BCUT2D eigenvalue weighted by molar-refractivity contribution is 7.20. The maximum atomic E-state index is 12.8. The van der Waals surface area contributed by atoms with Gasteiger partial charge in [0.1, 0.15) is 4.83 Å². The minimum absolute atomic E-state index is 0.143. The zero-order chi connectivity index (χ0) is 22.2. The van der Waals surface area contributed by atoms with Crippen molar-refractivity contribution in [2.24, 2.45) is 0 Å². The van der Waals surface area contributed by atoms with Crippen molar-refractivity contribution in [2.75, 3.05) is 5.32 Å². The summed E-state index contributed by atoms with van der Waals surface area (Å²) in [7, 11) is 0. The molecule has 2 amide bonds. The summed E-state index contributed by atoms with van der Waals surface area (Å²) in [5.74, 6) is -0.331. The smallest absolute Gasteiger partial charge is 0.265 e. The highest BCUT2D eigenvalue weighted by Crippen LogP contribution is 2.30. The molecule has 2 heterocycles. The quantitative estimate of drug-likeness (QED) is 0.467. The highest BCUT2D eigenvalue weighted by atomic mass is 32.1. The zero-order valence-corrected chi connectivity index (χ0v) is 18.7. The summed E-state index contributed by atoms with van der Waals surface area (Å²) in [6.07, 6.45) is 0. The van der Waals surface area contributed by atoms with Gasteiger partial charge in [0, 0.05) is 22.2 Å². The molecule has 0 aliphatic carbocycles. The lowest BCUT2D eigenvalue weighted by Crippen LogP contribution is -2.40. The standard InChI is InChI=1S/C24H24N4O2S/c1-15-19-14-20(31-23(19)28(27-15)18-8-6-5-7-9-18)22(30)25-17-12-10-16(11-13-17)21(29)26-24(2,3)4/h5-14H,1-4H3,(H,25,30)(H,26,29). The Hall–Kier alpha value is -3.45. The number of anilines is 1. The highest BCUT2D eigenvalue weighted by Gasteiger charge is 2.18. The van der Waals surface area contributed by atoms with E-state index in [1.807, 2.05) is 68.8 Å². The molecule has 2 aromatic carbocycles. The summed E-state index contributed by atoms with van der Waals surface area (Å²) in [6.45, 7) is 7.74. The fourth-order valence-corrected chi connectivity index (χ4v) is 4.29. The summed E-state index contributed by atoms with van der Waals surface area (Å²) < 4.78 is 1.87. The van der Waals surface area contributed by atoms with Crippen LogP contribution >= 0.6 is 11.3 Å². The molecule has 0 aliphatic heterocycles. The second kappa shape index (κ2) is 8.00. The van der Waals surface area contributed by atoms with E-state index in [9.17, 15) is 9.59 Å². The number of para-hydroxylation sites is 1. The number of rotatable bonds is 4. The number of carbonyl (C=O) groups excluding carboxylic acids is 2. The number of hydrogen-bond acceptors (Lipinski definition) is 4. The van der Waals surface area contributed by atoms with Crippen molar-refractivity contribution >= 4 is 39.1 Å². The lowest BCUT2D eigenvalue weighted by molar-refractivity contribution is 0.0919. The third-order valence-electron chi connectivity index (χ3n) is 4.66. The van der Waals surface area contributed by atoms with E-state index in [-0.39, 0.29) is 17.4 Å². The van der Waals surface area contributed by atoms with E-state index < -0.39 is 0 Å². The van der Waals surface area contributed by atoms with E-state index in [2.05, 4.69) is 15.7 Å². The van der Waals surface area contributed by atoms with Gasteiger partial charge < -0.3 is 10.6 Å². The second-order valence-electron chi connectivity index (χ2n) is 8.40. The lowest BCUT2D eigenvalue weighted by Gasteiger charge is -2.20. The first-order valence-corrected chi connectivity index (χ1v) is 10.8. The summed E-state index contributed by atoms with van der Waals surface area (Å²) >= 11 is 1.41. The molecule has 0 bridgehead atoms. The van der Waals surface area contributed by atoms with Crippen LogP contribution in [0, 0.1) is 6.92 Å². The number of hydrogen-bond donors (Lipinski definition) is 2. The molecular formula is C24H24N4O2S. The Balaban J connectivity index is 1.53. The first-order chi connectivity index (χ1) is 14.7. The Bertz CT molecular complexity index is 1250. The number of benzene rings is 2. The summed E-state index contributed by atoms with van der Waals surface area (Å²) in [6, 6.07) is 18.6. The third kappa shape index (κ3) is 4.51. The average Bonchev–Trinajstić information content (AvgIpc) is 3.29. The molecule has 0 radical (unpaired) electrons. The van der Waals surface area contributed by atoms with Crippen LogP contribution in [0.1, 0.15) is 46.5 Å². The molecule has 6 nitrogen and oxygen atoms in total. The number of thiophene rings is 1. The number of aromatic nitrogens is 2. The maximum absolute atomic E-state index is 12.8. The number of nitrogens with one attached hydrogen (secondary N) is 2. The third-order valence-corrected chi connectivity index (χ3v) is 5.77. The van der Waals surface area contributed by atoms with Crippen LogP contribution in [0.15, 0.2) is 60.7 Å². The summed E-state index contributed by atoms with van der Waals surface area (Å²) in [5.41, 5.74) is 2.71. The molecule has 31 heavy (non-hydrogen) atoms. The van der Waals surface area contributed by atoms with Crippen LogP contribution in [0.25, 0.3) is 15.9 Å². The summed E-state index contributed by atoms with van der Waals surface area (Å²) in [5, 5.41) is 11.4. The number of amides is 2. The van der Waals surface area contributed by atoms with Crippen LogP contribution in [0.4, 0.5) is 5.69 Å². The zero-order valence-electron chi connectivity index (χ0n) is 17.9. The van der Waals surface area contributed by atoms with Crippen molar-refractivity contribution in [1.29, 1.82) is 0 Å². The molecule has 2 N–H and O–H groups in total. The van der Waals surface area contributed by atoms with Crippen molar-refractivity contribution in [3.05, 3.63) is 76.8 Å². The van der Waals surface area contributed by atoms with Gasteiger partial charge >= 0.3 is 0 Å². The number of fused-ring (bicyclic) bond motifs is 1. The molecular weight excluding hydrogens is 408 g/mol. The van der Waals surface area contributed by atoms with E-state index in [0.717, 1.165) is 21.6 Å². The van der Waals surface area contributed by atoms with Gasteiger partial charge in [0.25, 0.3) is 11.8 Å². The first-order valence-electron chi connectivity index (χ1n) is 10.00. The topological polar surface area (TPSA) is 76.0 Å². The molecule has 0 unspecified atom stereocenters. The Morgan fingerprint density at radius 1 is 0.968 bits per heavy atom. The Kier molecular flexibility index (Phi) is 5.37. The first kappa shape index (κ1) is 20.8. The van der Waals surface area contributed by atoms with Crippen LogP contribution < -0.4 is 10.6 Å². The molecule has 0 spiro atoms. The van der Waals surface area contributed by atoms with Gasteiger partial charge in [-0.1, -0.05) is 18.2 Å². The minimum atomic E-state index is -0.307. The van der Waals surface area contributed by atoms with Gasteiger partial charge in [-0.3, -0.25) is 9.59 Å². The fraction of sp³-hybridized carbons (Fsp3) is 0.208. The Labute approximate surface area is 184 Å². The molecule has 4 aromatic rings. The molecule has 7 heteroatoms. The molecule has 158 valence electrons. The van der Waals surface area contributed by atoms with Crippen LogP contribution in [-0.2, 0) is 0 Å². The lowest BCUT2D eigenvalue weighted by atomic mass is 10.1. The van der Waals surface area contributed by atoms with Crippen LogP contribution in [0.3, 0.4) is 0 Å². The molecule has 0 saturated carbocycles. The monoisotopic (exact) mass is 432 g/mol. The SMILES string of the molecule is Cc1nn(-c2ccccc2)c2sc(C(=O)Nc3ccc(C(=O)NC(C)(C)C)cc3)cc12. The van der Waals surface area contributed by atoms with Gasteiger partial charge in [-0.2, -0.15) is 5.10 Å². The van der Waals surface area contributed by atoms with Crippen molar-refractivity contribution in [3.63, 3.8) is 0 Å². The van der Waals surface area contributed by atoms with Crippen LogP contribution in [0.5, 0.6) is 0 Å². The molecule has 0 fully saturated rings. The van der Waals surface area contributed by atoms with Gasteiger partial charge in [0.05, 0.1) is 16.3 Å². The van der Waals surface area contributed by atoms with Crippen molar-refractivity contribution < 1.29 is 9.59 Å². The summed E-state index contributed by atoms with van der Waals surface area (Å²) in [4.78, 5) is 26.6. The number of carbonyl (C=O) groups is 2. The maximum Gasteiger partial charge on any atom is 0.265 e.